The summed E-state index contributed by atoms with van der Waals surface area (Å²) in [6.45, 7) is 3.04. The number of esters is 1. The normalized spacial score (nSPS) is 18.5. The van der Waals surface area contributed by atoms with Crippen molar-refractivity contribution in [3.8, 4) is 0 Å². The van der Waals surface area contributed by atoms with Gasteiger partial charge < -0.3 is 10.1 Å². The minimum absolute atomic E-state index is 0.167. The molecular weight excluding hydrogens is 275 g/mol. The van der Waals surface area contributed by atoms with Gasteiger partial charge in [0.25, 0.3) is 0 Å². The number of methoxy groups -OCH3 is 1. The molecule has 1 heterocycles. The Balaban J connectivity index is 1.85. The van der Waals surface area contributed by atoms with Crippen LogP contribution in [0.3, 0.4) is 0 Å². The Morgan fingerprint density at radius 3 is 2.90 bits per heavy atom. The fourth-order valence-electron chi connectivity index (χ4n) is 2.41. The summed E-state index contributed by atoms with van der Waals surface area (Å²) in [5, 5.41) is 2.66. The molecule has 0 aliphatic carbocycles. The number of benzene rings is 1. The number of hydrogen-bond donors (Lipinski definition) is 1. The minimum atomic E-state index is -0.347. The van der Waals surface area contributed by atoms with Gasteiger partial charge in [0.1, 0.15) is 5.82 Å². The summed E-state index contributed by atoms with van der Waals surface area (Å²) < 4.78 is 18.1. The van der Waals surface area contributed by atoms with Gasteiger partial charge in [-0.3, -0.25) is 14.5 Å². The molecule has 5 nitrogen and oxygen atoms in total. The first-order valence-corrected chi connectivity index (χ1v) is 6.86. The molecule has 114 valence electrons. The lowest BCUT2D eigenvalue weighted by Gasteiger charge is -2.15. The van der Waals surface area contributed by atoms with Crippen LogP contribution in [-0.4, -0.2) is 43.5 Å². The van der Waals surface area contributed by atoms with Crippen LogP contribution in [0.4, 0.5) is 10.1 Å². The lowest BCUT2D eigenvalue weighted by molar-refractivity contribution is -0.145. The van der Waals surface area contributed by atoms with Crippen LogP contribution in [0.1, 0.15) is 12.0 Å². The van der Waals surface area contributed by atoms with Crippen LogP contribution < -0.4 is 5.32 Å². The predicted molar refractivity (Wildman–Crippen MR) is 76.3 cm³/mol. The van der Waals surface area contributed by atoms with E-state index in [0.717, 1.165) is 0 Å². The number of carbonyl (C=O) groups is 2. The molecule has 1 amide bonds. The lowest BCUT2D eigenvalue weighted by atomic mass is 10.1. The summed E-state index contributed by atoms with van der Waals surface area (Å²) in [5.41, 5.74) is 0.972. The van der Waals surface area contributed by atoms with E-state index < -0.39 is 0 Å². The van der Waals surface area contributed by atoms with Gasteiger partial charge in [-0.25, -0.2) is 4.39 Å². The van der Waals surface area contributed by atoms with Crippen molar-refractivity contribution in [2.75, 3.05) is 32.1 Å². The molecule has 0 radical (unpaired) electrons. The van der Waals surface area contributed by atoms with Crippen molar-refractivity contribution in [2.45, 2.75) is 13.3 Å². The van der Waals surface area contributed by atoms with Crippen LogP contribution in [0.5, 0.6) is 0 Å². The Morgan fingerprint density at radius 1 is 1.48 bits per heavy atom. The first kappa shape index (κ1) is 15.4. The van der Waals surface area contributed by atoms with Crippen molar-refractivity contribution in [2.24, 2.45) is 5.92 Å². The second-order valence-electron chi connectivity index (χ2n) is 5.26. The zero-order chi connectivity index (χ0) is 15.4. The topological polar surface area (TPSA) is 58.6 Å². The smallest absolute Gasteiger partial charge is 0.310 e. The molecule has 6 heteroatoms. The van der Waals surface area contributed by atoms with Crippen LogP contribution in [0.15, 0.2) is 18.2 Å². The number of anilines is 1. The second-order valence-corrected chi connectivity index (χ2v) is 5.26. The number of amides is 1. The Kier molecular flexibility index (Phi) is 4.90. The molecule has 1 unspecified atom stereocenters. The van der Waals surface area contributed by atoms with Crippen molar-refractivity contribution in [3.63, 3.8) is 0 Å². The van der Waals surface area contributed by atoms with E-state index in [1.165, 1.54) is 13.2 Å². The molecule has 1 aromatic carbocycles. The number of likely N-dealkylation sites (tertiary alicyclic amines) is 1. The SMILES string of the molecule is COC(=O)C1CCN(CC(=O)Nc2ccc(C)c(F)c2)C1. The Labute approximate surface area is 123 Å². The maximum Gasteiger partial charge on any atom is 0.310 e. The number of hydrogen-bond acceptors (Lipinski definition) is 4. The monoisotopic (exact) mass is 294 g/mol. The third-order valence-corrected chi connectivity index (χ3v) is 3.63. The van der Waals surface area contributed by atoms with Crippen LogP contribution in [-0.2, 0) is 14.3 Å². The van der Waals surface area contributed by atoms with E-state index in [4.69, 9.17) is 4.74 Å². The van der Waals surface area contributed by atoms with Gasteiger partial charge in [-0.1, -0.05) is 6.07 Å². The quantitative estimate of drug-likeness (QED) is 0.856. The number of nitrogens with one attached hydrogen (secondary N) is 1. The molecular formula is C15H19FN2O3. The van der Waals surface area contributed by atoms with Crippen molar-refractivity contribution >= 4 is 17.6 Å². The van der Waals surface area contributed by atoms with E-state index in [0.29, 0.717) is 30.8 Å². The van der Waals surface area contributed by atoms with Crippen molar-refractivity contribution in [1.29, 1.82) is 0 Å². The highest BCUT2D eigenvalue weighted by Gasteiger charge is 2.29. The molecule has 0 bridgehead atoms. The molecule has 1 aromatic rings. The van der Waals surface area contributed by atoms with Gasteiger partial charge >= 0.3 is 5.97 Å². The second kappa shape index (κ2) is 6.67. The van der Waals surface area contributed by atoms with Gasteiger partial charge in [-0.15, -0.1) is 0 Å². The van der Waals surface area contributed by atoms with Gasteiger partial charge in [0.15, 0.2) is 0 Å². The number of ether oxygens (including phenoxy) is 1. The Morgan fingerprint density at radius 2 is 2.24 bits per heavy atom. The molecule has 1 N–H and O–H groups in total. The number of nitrogens with zero attached hydrogens (tertiary/aromatic N) is 1. The summed E-state index contributed by atoms with van der Waals surface area (Å²) in [5.74, 6) is -0.971. The highest BCUT2D eigenvalue weighted by Crippen LogP contribution is 2.18. The van der Waals surface area contributed by atoms with E-state index in [9.17, 15) is 14.0 Å². The summed E-state index contributed by atoms with van der Waals surface area (Å²) >= 11 is 0. The molecule has 0 spiro atoms. The molecule has 1 atom stereocenters. The molecule has 1 aliphatic rings. The first-order chi connectivity index (χ1) is 9.99. The summed E-state index contributed by atoms with van der Waals surface area (Å²) in [7, 11) is 1.36. The van der Waals surface area contributed by atoms with Gasteiger partial charge in [0.05, 0.1) is 19.6 Å². The van der Waals surface area contributed by atoms with Gasteiger partial charge in [0.2, 0.25) is 5.91 Å². The highest BCUT2D eigenvalue weighted by atomic mass is 19.1. The van der Waals surface area contributed by atoms with Crippen molar-refractivity contribution in [3.05, 3.63) is 29.6 Å². The van der Waals surface area contributed by atoms with Gasteiger partial charge in [-0.05, 0) is 37.6 Å². The van der Waals surface area contributed by atoms with Gasteiger partial charge in [0, 0.05) is 12.2 Å². The van der Waals surface area contributed by atoms with E-state index in [-0.39, 0.29) is 30.2 Å². The Hall–Kier alpha value is -1.95. The van der Waals surface area contributed by atoms with E-state index in [1.54, 1.807) is 19.1 Å². The van der Waals surface area contributed by atoms with E-state index in [2.05, 4.69) is 5.32 Å². The maximum absolute atomic E-state index is 13.4. The molecule has 2 rings (SSSR count). The average Bonchev–Trinajstić information content (AvgIpc) is 2.90. The summed E-state index contributed by atoms with van der Waals surface area (Å²) in [6, 6.07) is 4.58. The van der Waals surface area contributed by atoms with E-state index in [1.807, 2.05) is 4.90 Å². The zero-order valence-corrected chi connectivity index (χ0v) is 12.2. The van der Waals surface area contributed by atoms with Gasteiger partial charge in [-0.2, -0.15) is 0 Å². The average molecular weight is 294 g/mol. The maximum atomic E-state index is 13.4. The summed E-state index contributed by atoms with van der Waals surface area (Å²) in [4.78, 5) is 25.2. The van der Waals surface area contributed by atoms with E-state index >= 15 is 0 Å². The first-order valence-electron chi connectivity index (χ1n) is 6.86. The molecule has 1 aliphatic heterocycles. The predicted octanol–water partition coefficient (Wildman–Crippen LogP) is 1.57. The van der Waals surface area contributed by atoms with Crippen LogP contribution >= 0.6 is 0 Å². The van der Waals surface area contributed by atoms with Crippen LogP contribution in [0.2, 0.25) is 0 Å². The fourth-order valence-corrected chi connectivity index (χ4v) is 2.41. The van der Waals surface area contributed by atoms with Crippen LogP contribution in [0.25, 0.3) is 0 Å². The number of aryl methyl sites for hydroxylation is 1. The van der Waals surface area contributed by atoms with Crippen LogP contribution in [0, 0.1) is 18.7 Å². The minimum Gasteiger partial charge on any atom is -0.469 e. The van der Waals surface area contributed by atoms with Crippen molar-refractivity contribution < 1.29 is 18.7 Å². The number of rotatable bonds is 4. The third kappa shape index (κ3) is 4.01. The zero-order valence-electron chi connectivity index (χ0n) is 12.2. The number of halogens is 1. The lowest BCUT2D eigenvalue weighted by Crippen LogP contribution is -2.32. The fraction of sp³-hybridized carbons (Fsp3) is 0.467. The molecule has 1 saturated heterocycles. The molecule has 0 saturated carbocycles. The molecule has 0 aromatic heterocycles. The highest BCUT2D eigenvalue weighted by molar-refractivity contribution is 5.92. The number of carbonyl (C=O) groups excluding carboxylic acids is 2. The largest absolute Gasteiger partial charge is 0.469 e. The van der Waals surface area contributed by atoms with Crippen molar-refractivity contribution in [1.82, 2.24) is 4.90 Å². The summed E-state index contributed by atoms with van der Waals surface area (Å²) in [6.07, 6.45) is 0.694. The molecule has 1 fully saturated rings. The Bertz CT molecular complexity index is 548. The third-order valence-electron chi connectivity index (χ3n) is 3.63. The standard InChI is InChI=1S/C15H19FN2O3/c1-10-3-4-12(7-13(10)16)17-14(19)9-18-6-5-11(8-18)15(20)21-2/h3-4,7,11H,5-6,8-9H2,1-2H3,(H,17,19). The molecule has 21 heavy (non-hydrogen) atoms.